The number of methoxy groups -OCH3 is 1. The van der Waals surface area contributed by atoms with Crippen LogP contribution in [0.25, 0.3) is 0 Å². The quantitative estimate of drug-likeness (QED) is 0.561. The highest BCUT2D eigenvalue weighted by molar-refractivity contribution is 5.86. The van der Waals surface area contributed by atoms with E-state index in [9.17, 15) is 10.1 Å². The zero-order valence-electron chi connectivity index (χ0n) is 22.1. The third kappa shape index (κ3) is 4.30. The molecule has 10 heteroatoms. The van der Waals surface area contributed by atoms with Crippen molar-refractivity contribution in [2.75, 3.05) is 56.3 Å². The van der Waals surface area contributed by atoms with Gasteiger partial charge in [0, 0.05) is 63.1 Å². The average Bonchev–Trinajstić information content (AvgIpc) is 3.28. The number of ether oxygens (including phenoxy) is 2. The molecule has 1 aliphatic carbocycles. The van der Waals surface area contributed by atoms with Gasteiger partial charge in [0.2, 0.25) is 0 Å². The number of hydrogen-bond acceptors (Lipinski definition) is 9. The number of anilines is 3. The number of carbonyl (C=O) groups is 1. The Kier molecular flexibility index (Phi) is 6.77. The van der Waals surface area contributed by atoms with Crippen molar-refractivity contribution in [3.63, 3.8) is 0 Å². The van der Waals surface area contributed by atoms with Crippen LogP contribution < -0.4 is 9.80 Å². The van der Waals surface area contributed by atoms with Crippen molar-refractivity contribution in [2.45, 2.75) is 57.1 Å². The Hall–Kier alpha value is -3.29. The van der Waals surface area contributed by atoms with Gasteiger partial charge in [-0.3, -0.25) is 4.79 Å². The summed E-state index contributed by atoms with van der Waals surface area (Å²) in [5.74, 6) is 2.52. The Bertz CT molecular complexity index is 1210. The highest BCUT2D eigenvalue weighted by Gasteiger charge is 2.51. The first-order chi connectivity index (χ1) is 17.9. The molecule has 0 radical (unpaired) electrons. The summed E-state index contributed by atoms with van der Waals surface area (Å²) < 4.78 is 11.2. The van der Waals surface area contributed by atoms with Crippen molar-refractivity contribution in [1.29, 1.82) is 5.26 Å². The van der Waals surface area contributed by atoms with E-state index in [0.717, 1.165) is 36.8 Å². The molecule has 2 aromatic heterocycles. The molecule has 2 unspecified atom stereocenters. The summed E-state index contributed by atoms with van der Waals surface area (Å²) >= 11 is 0. The second-order valence-corrected chi connectivity index (χ2v) is 10.5. The van der Waals surface area contributed by atoms with Crippen molar-refractivity contribution >= 4 is 23.4 Å². The van der Waals surface area contributed by atoms with Crippen molar-refractivity contribution < 1.29 is 14.3 Å². The molecule has 2 fully saturated rings. The van der Waals surface area contributed by atoms with E-state index in [0.29, 0.717) is 31.8 Å². The van der Waals surface area contributed by atoms with Gasteiger partial charge in [-0.15, -0.1) is 0 Å². The van der Waals surface area contributed by atoms with Gasteiger partial charge in [0.25, 0.3) is 5.91 Å². The van der Waals surface area contributed by atoms with E-state index in [4.69, 9.17) is 19.4 Å². The van der Waals surface area contributed by atoms with Crippen LogP contribution in [0.4, 0.5) is 17.5 Å². The maximum Gasteiger partial charge on any atom is 0.257 e. The van der Waals surface area contributed by atoms with E-state index < -0.39 is 5.60 Å². The minimum absolute atomic E-state index is 0.0153. The van der Waals surface area contributed by atoms with E-state index in [1.54, 1.807) is 32.6 Å². The molecule has 2 atom stereocenters. The van der Waals surface area contributed by atoms with Gasteiger partial charge in [-0.2, -0.15) is 5.26 Å². The fourth-order valence-corrected chi connectivity index (χ4v) is 5.84. The van der Waals surface area contributed by atoms with Crippen molar-refractivity contribution in [3.8, 4) is 6.07 Å². The number of fused-ring (bicyclic) bond motifs is 2. The van der Waals surface area contributed by atoms with Crippen molar-refractivity contribution in [2.24, 2.45) is 0 Å². The predicted octanol–water partition coefficient (Wildman–Crippen LogP) is 2.80. The molecule has 2 aliphatic heterocycles. The number of amides is 1. The summed E-state index contributed by atoms with van der Waals surface area (Å²) in [6.07, 6.45) is 6.62. The molecule has 0 bridgehead atoms. The summed E-state index contributed by atoms with van der Waals surface area (Å²) in [7, 11) is 1.56. The van der Waals surface area contributed by atoms with Crippen LogP contribution in [0.5, 0.6) is 0 Å². The lowest BCUT2D eigenvalue weighted by Gasteiger charge is -2.45. The Balaban J connectivity index is 1.42. The van der Waals surface area contributed by atoms with Gasteiger partial charge < -0.3 is 24.2 Å². The SMILES string of the molecule is CCOCC(C)(OC)C(=O)N1CCN(c2ncnc3c2C2(CCC2)CN3c2cc(C#N)ccn2)CC1C. The molecule has 196 valence electrons. The van der Waals surface area contributed by atoms with Crippen LogP contribution in [0, 0.1) is 11.3 Å². The summed E-state index contributed by atoms with van der Waals surface area (Å²) in [6, 6.07) is 5.73. The largest absolute Gasteiger partial charge is 0.378 e. The smallest absolute Gasteiger partial charge is 0.257 e. The van der Waals surface area contributed by atoms with Gasteiger partial charge in [0.05, 0.1) is 18.2 Å². The lowest BCUT2D eigenvalue weighted by Crippen LogP contribution is -2.60. The zero-order valence-corrected chi connectivity index (χ0v) is 22.1. The zero-order chi connectivity index (χ0) is 26.2. The first kappa shape index (κ1) is 25.4. The van der Waals surface area contributed by atoms with Gasteiger partial charge in [0.15, 0.2) is 5.60 Å². The standard InChI is InChI=1S/C27H35N7O3/c1-5-37-17-26(3,36-4)25(35)33-12-11-32(15-19(33)2)23-22-24(31-18-30-23)34(16-27(22)8-6-9-27)21-13-20(14-28)7-10-29-21/h7,10,13,18-19H,5-6,8-9,11-12,15-17H2,1-4H3. The van der Waals surface area contributed by atoms with Gasteiger partial charge in [-0.1, -0.05) is 6.42 Å². The molecule has 1 spiro atoms. The second-order valence-electron chi connectivity index (χ2n) is 10.5. The molecule has 5 rings (SSSR count). The van der Waals surface area contributed by atoms with Gasteiger partial charge in [-0.05, 0) is 45.7 Å². The van der Waals surface area contributed by atoms with E-state index >= 15 is 0 Å². The number of piperazine rings is 1. The van der Waals surface area contributed by atoms with Crippen LogP contribution in [0.1, 0.15) is 51.2 Å². The van der Waals surface area contributed by atoms with Crippen LogP contribution in [0.15, 0.2) is 24.7 Å². The fraction of sp³-hybridized carbons (Fsp3) is 0.593. The number of nitrogens with zero attached hydrogens (tertiary/aromatic N) is 7. The molecule has 37 heavy (non-hydrogen) atoms. The van der Waals surface area contributed by atoms with Gasteiger partial charge in [0.1, 0.15) is 23.8 Å². The van der Waals surface area contributed by atoms with Crippen molar-refractivity contribution in [3.05, 3.63) is 35.8 Å². The van der Waals surface area contributed by atoms with E-state index in [1.807, 2.05) is 17.9 Å². The third-order valence-corrected chi connectivity index (χ3v) is 8.19. The van der Waals surface area contributed by atoms with E-state index in [-0.39, 0.29) is 24.0 Å². The molecule has 4 heterocycles. The monoisotopic (exact) mass is 505 g/mol. The first-order valence-electron chi connectivity index (χ1n) is 13.0. The number of nitriles is 1. The molecule has 1 amide bonds. The van der Waals surface area contributed by atoms with Crippen LogP contribution in [-0.4, -0.2) is 83.9 Å². The normalized spacial score (nSPS) is 21.8. The Morgan fingerprint density at radius 3 is 2.70 bits per heavy atom. The molecule has 3 aliphatic rings. The fourth-order valence-electron chi connectivity index (χ4n) is 5.84. The van der Waals surface area contributed by atoms with Gasteiger partial charge in [-0.25, -0.2) is 15.0 Å². The second kappa shape index (κ2) is 9.88. The molecular weight excluding hydrogens is 470 g/mol. The Morgan fingerprint density at radius 1 is 1.27 bits per heavy atom. The summed E-state index contributed by atoms with van der Waals surface area (Å²) in [4.78, 5) is 33.9. The minimum atomic E-state index is -1.01. The van der Waals surface area contributed by atoms with Crippen LogP contribution in [-0.2, 0) is 19.7 Å². The molecule has 0 N–H and O–H groups in total. The van der Waals surface area contributed by atoms with E-state index in [1.165, 1.54) is 12.0 Å². The molecule has 10 nitrogen and oxygen atoms in total. The summed E-state index contributed by atoms with van der Waals surface area (Å²) in [5, 5.41) is 9.40. The maximum atomic E-state index is 13.4. The number of hydrogen-bond donors (Lipinski definition) is 0. The molecule has 2 aromatic rings. The lowest BCUT2D eigenvalue weighted by atomic mass is 9.66. The third-order valence-electron chi connectivity index (χ3n) is 8.19. The Labute approximate surface area is 218 Å². The minimum Gasteiger partial charge on any atom is -0.378 e. The Morgan fingerprint density at radius 2 is 2.05 bits per heavy atom. The molecular formula is C27H35N7O3. The van der Waals surface area contributed by atoms with E-state index in [2.05, 4.69) is 27.8 Å². The molecule has 1 saturated heterocycles. The topological polar surface area (TPSA) is 108 Å². The van der Waals surface area contributed by atoms with Crippen LogP contribution in [0.2, 0.25) is 0 Å². The van der Waals surface area contributed by atoms with Gasteiger partial charge >= 0.3 is 0 Å². The summed E-state index contributed by atoms with van der Waals surface area (Å²) in [5.41, 5.74) is 0.732. The first-order valence-corrected chi connectivity index (χ1v) is 13.0. The number of rotatable bonds is 7. The van der Waals surface area contributed by atoms with Crippen LogP contribution >= 0.6 is 0 Å². The lowest BCUT2D eigenvalue weighted by molar-refractivity contribution is -0.162. The van der Waals surface area contributed by atoms with Crippen LogP contribution in [0.3, 0.4) is 0 Å². The predicted molar refractivity (Wildman–Crippen MR) is 139 cm³/mol. The number of aromatic nitrogens is 3. The maximum absolute atomic E-state index is 13.4. The highest BCUT2D eigenvalue weighted by atomic mass is 16.5. The number of pyridine rings is 1. The molecule has 0 aromatic carbocycles. The molecule has 1 saturated carbocycles. The number of carbonyl (C=O) groups excluding carboxylic acids is 1. The van der Waals surface area contributed by atoms with Crippen molar-refractivity contribution in [1.82, 2.24) is 19.9 Å². The average molecular weight is 506 g/mol. The highest BCUT2D eigenvalue weighted by Crippen LogP contribution is 2.56. The summed E-state index contributed by atoms with van der Waals surface area (Å²) in [6.45, 7) is 9.24.